The van der Waals surface area contributed by atoms with Crippen LogP contribution in [0.3, 0.4) is 0 Å². The molecule has 0 saturated carbocycles. The van der Waals surface area contributed by atoms with Crippen molar-refractivity contribution in [3.63, 3.8) is 0 Å². The average Bonchev–Trinajstić information content (AvgIpc) is 3.26. The highest BCUT2D eigenvalue weighted by atomic mass is 16.6. The van der Waals surface area contributed by atoms with Gasteiger partial charge in [-0.15, -0.1) is 0 Å². The molecule has 0 bridgehead atoms. The molecule has 0 aliphatic carbocycles. The zero-order valence-electron chi connectivity index (χ0n) is 41.9. The topological polar surface area (TPSA) is 102 Å². The molecule has 0 spiro atoms. The number of likely N-dealkylation sites (N-methyl/N-ethyl adjacent to an activating group) is 1. The minimum atomic E-state index is -1.13. The van der Waals surface area contributed by atoms with E-state index >= 15 is 0 Å². The molecule has 0 aromatic heterocycles. The van der Waals surface area contributed by atoms with Crippen LogP contribution < -0.4 is 5.11 Å². The van der Waals surface area contributed by atoms with Crippen molar-refractivity contribution in [2.75, 3.05) is 41.0 Å². The number of hydrogen-bond donors (Lipinski definition) is 0. The Morgan fingerprint density at radius 3 is 1.30 bits per heavy atom. The van der Waals surface area contributed by atoms with Crippen LogP contribution in [-0.4, -0.2) is 75.5 Å². The second kappa shape index (κ2) is 46.3. The molecule has 64 heavy (non-hydrogen) atoms. The summed E-state index contributed by atoms with van der Waals surface area (Å²) < 4.78 is 17.2. The maximum absolute atomic E-state index is 12.8. The van der Waals surface area contributed by atoms with Crippen LogP contribution in [0.1, 0.15) is 213 Å². The summed E-state index contributed by atoms with van der Waals surface area (Å²) in [6.45, 7) is 4.52. The van der Waals surface area contributed by atoms with Gasteiger partial charge in [-0.05, 0) is 83.5 Å². The van der Waals surface area contributed by atoms with Crippen LogP contribution in [0, 0.1) is 0 Å². The molecule has 0 aromatic carbocycles. The van der Waals surface area contributed by atoms with E-state index in [2.05, 4.69) is 86.8 Å². The molecule has 0 amide bonds. The molecule has 0 aliphatic rings. The number of carboxylic acid groups (broad SMARTS) is 1. The Morgan fingerprint density at radius 2 is 0.875 bits per heavy atom. The minimum absolute atomic E-state index is 0.0274. The highest BCUT2D eigenvalue weighted by molar-refractivity contribution is 5.70. The summed E-state index contributed by atoms with van der Waals surface area (Å²) >= 11 is 0. The summed E-state index contributed by atoms with van der Waals surface area (Å²) in [7, 11) is 5.40. The SMILES string of the molecule is CC/C=C\C/C=C\C/C=C\C/C=C\CCCCCCC(=O)OC(COCCC(C(=O)[O-])[N+](C)(C)C)COC(=O)CCCCCCCCCCCCC/C=C\C/C=C\CCCCCCC. The van der Waals surface area contributed by atoms with Gasteiger partial charge in [0.25, 0.3) is 0 Å². The number of hydrogen-bond acceptors (Lipinski definition) is 7. The van der Waals surface area contributed by atoms with Crippen molar-refractivity contribution in [1.29, 1.82) is 0 Å². The Bertz CT molecular complexity index is 1270. The monoisotopic (exact) mass is 896 g/mol. The molecule has 0 fully saturated rings. The third-order valence-electron chi connectivity index (χ3n) is 11.3. The Morgan fingerprint density at radius 1 is 0.484 bits per heavy atom. The Labute approximate surface area is 393 Å². The summed E-state index contributed by atoms with van der Waals surface area (Å²) in [4.78, 5) is 37.0. The van der Waals surface area contributed by atoms with Gasteiger partial charge in [-0.3, -0.25) is 9.59 Å². The predicted octanol–water partition coefficient (Wildman–Crippen LogP) is 13.8. The lowest BCUT2D eigenvalue weighted by Crippen LogP contribution is -2.55. The highest BCUT2D eigenvalue weighted by Crippen LogP contribution is 2.15. The van der Waals surface area contributed by atoms with Crippen molar-refractivity contribution in [3.8, 4) is 0 Å². The molecule has 368 valence electrons. The first-order valence-corrected chi connectivity index (χ1v) is 26.0. The van der Waals surface area contributed by atoms with Crippen LogP contribution in [-0.2, 0) is 28.6 Å². The van der Waals surface area contributed by atoms with Gasteiger partial charge in [-0.2, -0.15) is 0 Å². The number of unbranched alkanes of at least 4 members (excludes halogenated alkanes) is 20. The van der Waals surface area contributed by atoms with E-state index in [0.717, 1.165) is 83.5 Å². The van der Waals surface area contributed by atoms with Crippen molar-refractivity contribution in [2.45, 2.75) is 225 Å². The van der Waals surface area contributed by atoms with Gasteiger partial charge in [-0.25, -0.2) is 0 Å². The summed E-state index contributed by atoms with van der Waals surface area (Å²) in [6, 6.07) is -0.734. The lowest BCUT2D eigenvalue weighted by molar-refractivity contribution is -0.889. The van der Waals surface area contributed by atoms with Gasteiger partial charge in [0.15, 0.2) is 6.10 Å². The van der Waals surface area contributed by atoms with Crippen LogP contribution >= 0.6 is 0 Å². The predicted molar refractivity (Wildman–Crippen MR) is 268 cm³/mol. The lowest BCUT2D eigenvalue weighted by Gasteiger charge is -2.34. The summed E-state index contributed by atoms with van der Waals surface area (Å²) in [5.41, 5.74) is 0. The number of allylic oxidation sites excluding steroid dienone is 12. The van der Waals surface area contributed by atoms with E-state index in [-0.39, 0.29) is 42.7 Å². The molecule has 2 atom stereocenters. The van der Waals surface area contributed by atoms with Gasteiger partial charge in [0.1, 0.15) is 12.6 Å². The minimum Gasteiger partial charge on any atom is -0.544 e. The first kappa shape index (κ1) is 60.8. The molecule has 0 aliphatic heterocycles. The van der Waals surface area contributed by atoms with E-state index in [1.807, 2.05) is 0 Å². The van der Waals surface area contributed by atoms with E-state index in [9.17, 15) is 19.5 Å². The van der Waals surface area contributed by atoms with Gasteiger partial charge in [0.05, 0.1) is 40.3 Å². The Hall–Kier alpha value is -3.23. The number of nitrogens with zero attached hydrogens (tertiary/aromatic N) is 1. The summed E-state index contributed by atoms with van der Waals surface area (Å²) in [5.74, 6) is -1.77. The van der Waals surface area contributed by atoms with Crippen molar-refractivity contribution in [3.05, 3.63) is 72.9 Å². The van der Waals surface area contributed by atoms with Gasteiger partial charge in [0.2, 0.25) is 0 Å². The lowest BCUT2D eigenvalue weighted by atomic mass is 10.0. The number of aliphatic carboxylic acids is 1. The van der Waals surface area contributed by atoms with Crippen molar-refractivity contribution in [2.24, 2.45) is 0 Å². The van der Waals surface area contributed by atoms with Crippen molar-refractivity contribution in [1.82, 2.24) is 0 Å². The van der Waals surface area contributed by atoms with E-state index in [0.29, 0.717) is 12.8 Å². The Balaban J connectivity index is 4.25. The third-order valence-corrected chi connectivity index (χ3v) is 11.3. The van der Waals surface area contributed by atoms with E-state index < -0.39 is 18.1 Å². The van der Waals surface area contributed by atoms with Crippen LogP contribution in [0.25, 0.3) is 0 Å². The maximum atomic E-state index is 12.8. The molecule has 0 rings (SSSR count). The number of carboxylic acids is 1. The van der Waals surface area contributed by atoms with Crippen molar-refractivity contribution < 1.29 is 38.2 Å². The van der Waals surface area contributed by atoms with Crippen molar-refractivity contribution >= 4 is 17.9 Å². The zero-order chi connectivity index (χ0) is 47.0. The molecule has 0 radical (unpaired) electrons. The standard InChI is InChI=1S/C56H97NO7/c1-6-8-10-12-14-16-18-20-22-24-25-26-27-28-29-31-32-34-36-38-40-42-44-46-54(58)63-51-52(50-62-49-48-53(56(60)61)57(3,4)5)64-55(59)47-45-43-41-39-37-35-33-30-23-21-19-17-15-13-11-9-7-2/h9,11,15,17-18,20-21,23-25,33,35,52-53H,6-8,10,12-14,16,19,22,26-32,34,36-51H2,1-5H3/b11-9-,17-15-,20-18-,23-21-,25-24-,35-33-. The Kier molecular flexibility index (Phi) is 44.0. The van der Waals surface area contributed by atoms with Gasteiger partial charge < -0.3 is 28.6 Å². The van der Waals surface area contributed by atoms with Crippen LogP contribution in [0.15, 0.2) is 72.9 Å². The van der Waals surface area contributed by atoms with Crippen LogP contribution in [0.4, 0.5) is 0 Å². The fourth-order valence-corrected chi connectivity index (χ4v) is 7.33. The molecular weight excluding hydrogens is 799 g/mol. The second-order valence-corrected chi connectivity index (χ2v) is 18.4. The number of esters is 2. The van der Waals surface area contributed by atoms with E-state index in [4.69, 9.17) is 14.2 Å². The molecule has 0 aromatic rings. The van der Waals surface area contributed by atoms with Gasteiger partial charge in [-0.1, -0.05) is 183 Å². The molecule has 0 saturated heterocycles. The first-order chi connectivity index (χ1) is 31.1. The number of carbonyl (C=O) groups is 3. The average molecular weight is 896 g/mol. The van der Waals surface area contributed by atoms with Crippen LogP contribution in [0.5, 0.6) is 0 Å². The molecule has 2 unspecified atom stereocenters. The molecule has 8 heteroatoms. The first-order valence-electron chi connectivity index (χ1n) is 26.0. The molecule has 0 heterocycles. The quantitative estimate of drug-likeness (QED) is 0.0259. The largest absolute Gasteiger partial charge is 0.544 e. The molecular formula is C56H97NO7. The van der Waals surface area contributed by atoms with E-state index in [1.165, 1.54) is 96.3 Å². The zero-order valence-corrected chi connectivity index (χ0v) is 41.9. The van der Waals surface area contributed by atoms with Gasteiger partial charge in [0, 0.05) is 19.3 Å². The molecule has 0 N–H and O–H groups in total. The second-order valence-electron chi connectivity index (χ2n) is 18.4. The number of ether oxygens (including phenoxy) is 3. The van der Waals surface area contributed by atoms with E-state index in [1.54, 1.807) is 21.1 Å². The number of carbonyl (C=O) groups excluding carboxylic acids is 3. The summed E-state index contributed by atoms with van der Waals surface area (Å²) in [5, 5.41) is 11.7. The van der Waals surface area contributed by atoms with Gasteiger partial charge >= 0.3 is 11.9 Å². The maximum Gasteiger partial charge on any atom is 0.306 e. The van der Waals surface area contributed by atoms with Crippen LogP contribution in [0.2, 0.25) is 0 Å². The third kappa shape index (κ3) is 44.0. The molecule has 8 nitrogen and oxygen atoms in total. The smallest absolute Gasteiger partial charge is 0.306 e. The summed E-state index contributed by atoms with van der Waals surface area (Å²) in [6.07, 6.45) is 59.3. The number of quaternary nitrogens is 1. The fourth-order valence-electron chi connectivity index (χ4n) is 7.33. The number of rotatable bonds is 46. The fraction of sp³-hybridized carbons (Fsp3) is 0.732. The normalized spacial score (nSPS) is 13.5. The highest BCUT2D eigenvalue weighted by Gasteiger charge is 2.25.